The van der Waals surface area contributed by atoms with Gasteiger partial charge in [-0.2, -0.15) is 0 Å². The first-order valence-electron chi connectivity index (χ1n) is 13.1. The number of nitrogens with two attached hydrogens (primary N) is 1. The minimum Gasteiger partial charge on any atom is -0.504 e. The van der Waals surface area contributed by atoms with Crippen molar-refractivity contribution < 1.29 is 15.3 Å². The van der Waals surface area contributed by atoms with Crippen LogP contribution in [0.4, 0.5) is 0 Å². The maximum atomic E-state index is 10.2. The number of hydrogen-bond acceptors (Lipinski definition) is 5. The summed E-state index contributed by atoms with van der Waals surface area (Å²) in [5.74, 6) is 0.179. The van der Waals surface area contributed by atoms with E-state index in [-0.39, 0.29) is 29.6 Å². The third-order valence-electron chi connectivity index (χ3n) is 6.81. The first kappa shape index (κ1) is 27.7. The van der Waals surface area contributed by atoms with Crippen LogP contribution in [0, 0.1) is 0 Å². The topological polar surface area (TPSA) is 98.7 Å². The molecule has 0 radical (unpaired) electrons. The number of hydrogen-bond donors (Lipinski definition) is 5. The van der Waals surface area contributed by atoms with Crippen molar-refractivity contribution in [2.45, 2.75) is 83.5 Å². The second-order valence-corrected chi connectivity index (χ2v) is 10.2. The lowest BCUT2D eigenvalue weighted by atomic mass is 9.87. The van der Waals surface area contributed by atoms with Gasteiger partial charge in [-0.3, -0.25) is 0 Å². The average molecular weight is 491 g/mol. The summed E-state index contributed by atoms with van der Waals surface area (Å²) in [6.07, 6.45) is 3.48. The van der Waals surface area contributed by atoms with Gasteiger partial charge in [-0.25, -0.2) is 0 Å². The Hall–Kier alpha value is -2.86. The van der Waals surface area contributed by atoms with Crippen LogP contribution in [0.2, 0.25) is 0 Å². The molecule has 194 valence electrons. The van der Waals surface area contributed by atoms with Crippen LogP contribution in [0.15, 0.2) is 66.7 Å². The zero-order valence-electron chi connectivity index (χ0n) is 22.0. The molecular formula is C31H42N2O3. The predicted molar refractivity (Wildman–Crippen MR) is 147 cm³/mol. The van der Waals surface area contributed by atoms with Gasteiger partial charge in [-0.15, -0.1) is 0 Å². The zero-order chi connectivity index (χ0) is 26.2. The van der Waals surface area contributed by atoms with Crippen LogP contribution in [-0.2, 0) is 12.8 Å². The van der Waals surface area contributed by atoms with Crippen LogP contribution >= 0.6 is 0 Å². The van der Waals surface area contributed by atoms with Gasteiger partial charge in [0, 0.05) is 24.0 Å². The van der Waals surface area contributed by atoms with E-state index in [1.54, 1.807) is 6.07 Å². The largest absolute Gasteiger partial charge is 0.504 e. The van der Waals surface area contributed by atoms with Gasteiger partial charge in [0.05, 0.1) is 6.10 Å². The fourth-order valence-electron chi connectivity index (χ4n) is 5.10. The van der Waals surface area contributed by atoms with Gasteiger partial charge < -0.3 is 26.4 Å². The molecular weight excluding hydrogens is 448 g/mol. The van der Waals surface area contributed by atoms with E-state index in [1.165, 1.54) is 47.2 Å². The van der Waals surface area contributed by atoms with Gasteiger partial charge >= 0.3 is 0 Å². The number of aliphatic hydroxyl groups is 1. The number of fused-ring (bicyclic) bond motifs is 1. The highest BCUT2D eigenvalue weighted by atomic mass is 16.3. The Morgan fingerprint density at radius 3 is 2.22 bits per heavy atom. The van der Waals surface area contributed by atoms with Gasteiger partial charge in [0.1, 0.15) is 0 Å². The Morgan fingerprint density at radius 1 is 0.917 bits per heavy atom. The highest BCUT2D eigenvalue weighted by molar-refractivity contribution is 5.45. The molecule has 5 nitrogen and oxygen atoms in total. The molecule has 5 heteroatoms. The number of phenols is 2. The maximum absolute atomic E-state index is 10.2. The summed E-state index contributed by atoms with van der Waals surface area (Å²) in [7, 11) is 0. The SMILES string of the molecule is CC(N)Cc1ccccc1C1CCc2ccccc21.CCC(NC(C)C)C(O)c1ccc(O)c(O)c1. The fraction of sp³-hybridized carbons (Fsp3) is 0.419. The molecule has 0 aliphatic heterocycles. The molecule has 3 aromatic carbocycles. The Kier molecular flexibility index (Phi) is 9.94. The fourth-order valence-corrected chi connectivity index (χ4v) is 5.10. The summed E-state index contributed by atoms with van der Waals surface area (Å²) in [4.78, 5) is 0. The Labute approximate surface area is 216 Å². The summed E-state index contributed by atoms with van der Waals surface area (Å²) >= 11 is 0. The second-order valence-electron chi connectivity index (χ2n) is 10.2. The normalized spacial score (nSPS) is 17.1. The highest BCUT2D eigenvalue weighted by Crippen LogP contribution is 2.39. The Balaban J connectivity index is 0.000000202. The summed E-state index contributed by atoms with van der Waals surface area (Å²) in [6, 6.07) is 22.5. The van der Waals surface area contributed by atoms with Crippen molar-refractivity contribution in [1.29, 1.82) is 0 Å². The molecule has 0 spiro atoms. The number of aryl methyl sites for hydroxylation is 1. The molecule has 4 rings (SSSR count). The van der Waals surface area contributed by atoms with E-state index in [9.17, 15) is 15.3 Å². The maximum Gasteiger partial charge on any atom is 0.157 e. The van der Waals surface area contributed by atoms with Crippen molar-refractivity contribution >= 4 is 0 Å². The summed E-state index contributed by atoms with van der Waals surface area (Å²) < 4.78 is 0. The van der Waals surface area contributed by atoms with Crippen LogP contribution in [-0.4, -0.2) is 33.4 Å². The highest BCUT2D eigenvalue weighted by Gasteiger charge is 2.25. The Bertz CT molecular complexity index is 1110. The van der Waals surface area contributed by atoms with Crippen molar-refractivity contribution in [2.75, 3.05) is 0 Å². The number of aromatic hydroxyl groups is 2. The van der Waals surface area contributed by atoms with E-state index < -0.39 is 6.10 Å². The number of nitrogens with one attached hydrogen (secondary N) is 1. The number of rotatable bonds is 8. The predicted octanol–water partition coefficient (Wildman–Crippen LogP) is 5.56. The molecule has 0 saturated carbocycles. The Morgan fingerprint density at radius 2 is 1.58 bits per heavy atom. The number of aliphatic hydroxyl groups excluding tert-OH is 1. The first-order valence-corrected chi connectivity index (χ1v) is 13.1. The van der Waals surface area contributed by atoms with Gasteiger partial charge in [-0.05, 0) is 72.6 Å². The third-order valence-corrected chi connectivity index (χ3v) is 6.81. The molecule has 1 aliphatic carbocycles. The molecule has 4 atom stereocenters. The molecule has 3 aromatic rings. The quantitative estimate of drug-likeness (QED) is 0.266. The second kappa shape index (κ2) is 12.9. The van der Waals surface area contributed by atoms with Gasteiger partial charge in [0.25, 0.3) is 0 Å². The number of phenolic OH excluding ortho intramolecular Hbond substituents is 2. The van der Waals surface area contributed by atoms with Gasteiger partial charge in [0.2, 0.25) is 0 Å². The zero-order valence-corrected chi connectivity index (χ0v) is 22.0. The third kappa shape index (κ3) is 7.10. The molecule has 0 fully saturated rings. The van der Waals surface area contributed by atoms with E-state index >= 15 is 0 Å². The summed E-state index contributed by atoms with van der Waals surface area (Å²) in [6.45, 7) is 8.11. The van der Waals surface area contributed by atoms with Crippen molar-refractivity contribution in [3.8, 4) is 11.5 Å². The molecule has 0 heterocycles. The van der Waals surface area contributed by atoms with Crippen LogP contribution < -0.4 is 11.1 Å². The van der Waals surface area contributed by atoms with E-state index in [0.29, 0.717) is 11.5 Å². The minimum absolute atomic E-state index is 0.0704. The molecule has 0 amide bonds. The lowest BCUT2D eigenvalue weighted by molar-refractivity contribution is 0.121. The van der Waals surface area contributed by atoms with Crippen LogP contribution in [0.5, 0.6) is 11.5 Å². The van der Waals surface area contributed by atoms with E-state index in [0.717, 1.165) is 12.8 Å². The van der Waals surface area contributed by atoms with E-state index in [4.69, 9.17) is 5.73 Å². The van der Waals surface area contributed by atoms with Crippen molar-refractivity contribution in [2.24, 2.45) is 5.73 Å². The van der Waals surface area contributed by atoms with Crippen LogP contribution in [0.3, 0.4) is 0 Å². The molecule has 0 bridgehead atoms. The first-order chi connectivity index (χ1) is 17.2. The standard InChI is InChI=1S/C18H21N.C13H21NO3/c1-13(19)12-15-7-3-5-9-17(15)18-11-10-14-6-2-4-8-16(14)18;1-4-10(14-8(2)3)13(17)9-5-6-11(15)12(16)7-9/h2-9,13,18H,10-12,19H2,1H3;5-8,10,13-17H,4H2,1-3H3. The average Bonchev–Trinajstić information content (AvgIpc) is 3.28. The van der Waals surface area contributed by atoms with E-state index in [2.05, 4.69) is 60.8 Å². The lowest BCUT2D eigenvalue weighted by Gasteiger charge is -2.25. The van der Waals surface area contributed by atoms with E-state index in [1.807, 2.05) is 20.8 Å². The van der Waals surface area contributed by atoms with Crippen molar-refractivity contribution in [3.05, 3.63) is 94.5 Å². The summed E-state index contributed by atoms with van der Waals surface area (Å²) in [5.41, 5.74) is 12.5. The van der Waals surface area contributed by atoms with Crippen LogP contribution in [0.25, 0.3) is 0 Å². The van der Waals surface area contributed by atoms with Crippen molar-refractivity contribution in [3.63, 3.8) is 0 Å². The van der Waals surface area contributed by atoms with Crippen molar-refractivity contribution in [1.82, 2.24) is 5.32 Å². The summed E-state index contributed by atoms with van der Waals surface area (Å²) in [5, 5.41) is 32.1. The molecule has 4 unspecified atom stereocenters. The van der Waals surface area contributed by atoms with Crippen LogP contribution in [0.1, 0.15) is 80.4 Å². The molecule has 6 N–H and O–H groups in total. The number of benzene rings is 3. The molecule has 1 aliphatic rings. The van der Waals surface area contributed by atoms with Gasteiger partial charge in [-0.1, -0.05) is 75.4 Å². The molecule has 36 heavy (non-hydrogen) atoms. The molecule has 0 saturated heterocycles. The molecule has 0 aromatic heterocycles. The smallest absolute Gasteiger partial charge is 0.157 e. The van der Waals surface area contributed by atoms with Gasteiger partial charge in [0.15, 0.2) is 11.5 Å². The minimum atomic E-state index is -0.700. The lowest BCUT2D eigenvalue weighted by Crippen LogP contribution is -2.38. The monoisotopic (exact) mass is 490 g/mol.